The number of benzene rings is 2. The van der Waals surface area contributed by atoms with Crippen molar-refractivity contribution in [2.24, 2.45) is 0 Å². The van der Waals surface area contributed by atoms with E-state index in [4.69, 9.17) is 4.74 Å². The van der Waals surface area contributed by atoms with E-state index in [9.17, 15) is 9.59 Å². The van der Waals surface area contributed by atoms with Gasteiger partial charge in [0.2, 0.25) is 0 Å². The number of hydrogen-bond donors (Lipinski definition) is 1. The third-order valence-electron chi connectivity index (χ3n) is 4.92. The van der Waals surface area contributed by atoms with Crippen molar-refractivity contribution in [2.45, 2.75) is 38.8 Å². The number of hydrogen-bond acceptors (Lipinski definition) is 3. The molecule has 2 aromatic rings. The predicted octanol–water partition coefficient (Wildman–Crippen LogP) is 3.95. The van der Waals surface area contributed by atoms with Gasteiger partial charge in [-0.15, -0.1) is 0 Å². The van der Waals surface area contributed by atoms with Crippen molar-refractivity contribution in [3.05, 3.63) is 64.1 Å². The van der Waals surface area contributed by atoms with E-state index < -0.39 is 6.10 Å². The molecule has 0 saturated carbocycles. The summed E-state index contributed by atoms with van der Waals surface area (Å²) in [7, 11) is 0. The highest BCUT2D eigenvalue weighted by Crippen LogP contribution is 2.27. The molecule has 1 fully saturated rings. The fourth-order valence-corrected chi connectivity index (χ4v) is 3.89. The summed E-state index contributed by atoms with van der Waals surface area (Å²) in [6.07, 6.45) is 0.922. The van der Waals surface area contributed by atoms with Gasteiger partial charge in [0.1, 0.15) is 5.75 Å². The van der Waals surface area contributed by atoms with E-state index in [1.807, 2.05) is 48.2 Å². The number of halogens is 1. The Labute approximate surface area is 174 Å². The third-order valence-corrected chi connectivity index (χ3v) is 5.54. The first-order valence-corrected chi connectivity index (χ1v) is 10.3. The summed E-state index contributed by atoms with van der Waals surface area (Å²) in [6, 6.07) is 15.1. The summed E-state index contributed by atoms with van der Waals surface area (Å²) >= 11 is 3.48. The number of piperidine rings is 1. The Bertz CT molecular complexity index is 833. The van der Waals surface area contributed by atoms with Crippen LogP contribution < -0.4 is 10.1 Å². The Kier molecular flexibility index (Phi) is 6.73. The Morgan fingerprint density at radius 2 is 1.82 bits per heavy atom. The van der Waals surface area contributed by atoms with Crippen molar-refractivity contribution in [3.63, 3.8) is 0 Å². The minimum absolute atomic E-state index is 0.0275. The van der Waals surface area contributed by atoms with Crippen molar-refractivity contribution in [1.29, 1.82) is 0 Å². The van der Waals surface area contributed by atoms with Gasteiger partial charge in [-0.25, -0.2) is 0 Å². The molecule has 1 heterocycles. The molecule has 28 heavy (non-hydrogen) atoms. The molecule has 3 rings (SSSR count). The van der Waals surface area contributed by atoms with E-state index >= 15 is 0 Å². The lowest BCUT2D eigenvalue weighted by molar-refractivity contribution is -0.139. The Balaban J connectivity index is 1.49. The van der Waals surface area contributed by atoms with E-state index in [0.29, 0.717) is 24.4 Å². The molecule has 0 radical (unpaired) electrons. The van der Waals surface area contributed by atoms with Crippen LogP contribution in [0.25, 0.3) is 0 Å². The van der Waals surface area contributed by atoms with Gasteiger partial charge in [-0.05, 0) is 72.4 Å². The molecule has 1 aliphatic rings. The maximum absolute atomic E-state index is 12.7. The number of carbonyl (C=O) groups is 2. The number of likely N-dealkylation sites (tertiary alicyclic amines) is 1. The Morgan fingerprint density at radius 3 is 2.46 bits per heavy atom. The average molecular weight is 445 g/mol. The SMILES string of the molecule is Cc1ccc(OC(C)C(=O)N2CCC(NC(=O)c3ccccc3)CC2)c(Br)c1. The maximum Gasteiger partial charge on any atom is 0.263 e. The highest BCUT2D eigenvalue weighted by Gasteiger charge is 2.28. The van der Waals surface area contributed by atoms with Crippen LogP contribution in [-0.2, 0) is 4.79 Å². The lowest BCUT2D eigenvalue weighted by Gasteiger charge is -2.34. The first-order chi connectivity index (χ1) is 13.4. The number of rotatable bonds is 5. The fraction of sp³-hybridized carbons (Fsp3) is 0.364. The Hall–Kier alpha value is -2.34. The van der Waals surface area contributed by atoms with E-state index in [-0.39, 0.29) is 17.9 Å². The van der Waals surface area contributed by atoms with E-state index in [0.717, 1.165) is 22.9 Å². The summed E-state index contributed by atoms with van der Waals surface area (Å²) in [5.41, 5.74) is 1.78. The van der Waals surface area contributed by atoms with Crippen LogP contribution in [0.1, 0.15) is 35.7 Å². The van der Waals surface area contributed by atoms with Crippen LogP contribution in [0.4, 0.5) is 0 Å². The monoisotopic (exact) mass is 444 g/mol. The normalized spacial score (nSPS) is 15.8. The lowest BCUT2D eigenvalue weighted by atomic mass is 10.0. The first-order valence-electron chi connectivity index (χ1n) is 9.51. The molecule has 1 saturated heterocycles. The molecule has 2 amide bonds. The maximum atomic E-state index is 12.7. The molecule has 1 atom stereocenters. The summed E-state index contributed by atoms with van der Waals surface area (Å²) in [6.45, 7) is 5.00. The second kappa shape index (κ2) is 9.24. The molecule has 0 aromatic heterocycles. The summed E-state index contributed by atoms with van der Waals surface area (Å²) in [5, 5.41) is 3.06. The van der Waals surface area contributed by atoms with Crippen molar-refractivity contribution in [2.75, 3.05) is 13.1 Å². The summed E-state index contributed by atoms with van der Waals surface area (Å²) < 4.78 is 6.70. The summed E-state index contributed by atoms with van der Waals surface area (Å²) in [5.74, 6) is 0.572. The van der Waals surface area contributed by atoms with E-state index in [1.54, 1.807) is 19.1 Å². The smallest absolute Gasteiger partial charge is 0.263 e. The number of amides is 2. The van der Waals surface area contributed by atoms with Gasteiger partial charge >= 0.3 is 0 Å². The molecule has 0 bridgehead atoms. The molecule has 148 valence electrons. The van der Waals surface area contributed by atoms with Crippen LogP contribution in [0.2, 0.25) is 0 Å². The molecule has 6 heteroatoms. The highest BCUT2D eigenvalue weighted by atomic mass is 79.9. The van der Waals surface area contributed by atoms with E-state index in [1.165, 1.54) is 0 Å². The molecular formula is C22H25BrN2O3. The molecule has 1 unspecified atom stereocenters. The Morgan fingerprint density at radius 1 is 1.14 bits per heavy atom. The van der Waals surface area contributed by atoms with Crippen molar-refractivity contribution in [1.82, 2.24) is 10.2 Å². The average Bonchev–Trinajstić information content (AvgIpc) is 2.70. The molecule has 1 aliphatic heterocycles. The van der Waals surface area contributed by atoms with Crippen LogP contribution in [0.3, 0.4) is 0 Å². The van der Waals surface area contributed by atoms with Crippen LogP contribution in [-0.4, -0.2) is 41.9 Å². The zero-order valence-electron chi connectivity index (χ0n) is 16.2. The third kappa shape index (κ3) is 5.13. The van der Waals surface area contributed by atoms with Gasteiger partial charge in [0, 0.05) is 24.7 Å². The van der Waals surface area contributed by atoms with E-state index in [2.05, 4.69) is 21.2 Å². The largest absolute Gasteiger partial charge is 0.480 e. The van der Waals surface area contributed by atoms with Gasteiger partial charge in [0.05, 0.1) is 4.47 Å². The first kappa shape index (κ1) is 20.4. The molecule has 2 aromatic carbocycles. The van der Waals surface area contributed by atoms with Crippen LogP contribution >= 0.6 is 15.9 Å². The lowest BCUT2D eigenvalue weighted by Crippen LogP contribution is -2.49. The van der Waals surface area contributed by atoms with Crippen LogP contribution in [0.15, 0.2) is 53.0 Å². The number of nitrogens with one attached hydrogen (secondary N) is 1. The zero-order valence-corrected chi connectivity index (χ0v) is 17.7. The highest BCUT2D eigenvalue weighted by molar-refractivity contribution is 9.10. The quantitative estimate of drug-likeness (QED) is 0.759. The van der Waals surface area contributed by atoms with Crippen molar-refractivity contribution < 1.29 is 14.3 Å². The van der Waals surface area contributed by atoms with Gasteiger partial charge in [0.15, 0.2) is 6.10 Å². The summed E-state index contributed by atoms with van der Waals surface area (Å²) in [4.78, 5) is 26.8. The minimum Gasteiger partial charge on any atom is -0.480 e. The van der Waals surface area contributed by atoms with Crippen LogP contribution in [0.5, 0.6) is 5.75 Å². The predicted molar refractivity (Wildman–Crippen MR) is 112 cm³/mol. The minimum atomic E-state index is -0.561. The second-order valence-corrected chi connectivity index (χ2v) is 7.99. The zero-order chi connectivity index (χ0) is 20.1. The van der Waals surface area contributed by atoms with Gasteiger partial charge in [-0.2, -0.15) is 0 Å². The molecule has 0 spiro atoms. The molecular weight excluding hydrogens is 420 g/mol. The molecule has 0 aliphatic carbocycles. The molecule has 1 N–H and O–H groups in total. The number of nitrogens with zero attached hydrogens (tertiary/aromatic N) is 1. The van der Waals surface area contributed by atoms with Crippen LogP contribution in [0, 0.1) is 6.92 Å². The standard InChI is InChI=1S/C22H25BrN2O3/c1-15-8-9-20(19(23)14-15)28-16(2)22(27)25-12-10-18(11-13-25)24-21(26)17-6-4-3-5-7-17/h3-9,14,16,18H,10-13H2,1-2H3,(H,24,26). The van der Waals surface area contributed by atoms with Crippen molar-refractivity contribution in [3.8, 4) is 5.75 Å². The van der Waals surface area contributed by atoms with Gasteiger partial charge in [0.25, 0.3) is 11.8 Å². The fourth-order valence-electron chi connectivity index (χ4n) is 3.30. The van der Waals surface area contributed by atoms with Crippen molar-refractivity contribution >= 4 is 27.7 Å². The van der Waals surface area contributed by atoms with Gasteiger partial charge < -0.3 is 15.0 Å². The number of carbonyl (C=O) groups excluding carboxylic acids is 2. The number of ether oxygens (including phenoxy) is 1. The van der Waals surface area contributed by atoms with Gasteiger partial charge in [-0.3, -0.25) is 9.59 Å². The topological polar surface area (TPSA) is 58.6 Å². The number of aryl methyl sites for hydroxylation is 1. The molecule has 5 nitrogen and oxygen atoms in total. The second-order valence-electron chi connectivity index (χ2n) is 7.13. The van der Waals surface area contributed by atoms with Gasteiger partial charge in [-0.1, -0.05) is 24.3 Å².